The van der Waals surface area contributed by atoms with E-state index in [4.69, 9.17) is 0 Å². The molecular formula is C9H16BrN3O2S. The van der Waals surface area contributed by atoms with Crippen molar-refractivity contribution in [1.29, 1.82) is 0 Å². The summed E-state index contributed by atoms with van der Waals surface area (Å²) < 4.78 is 25.9. The summed E-state index contributed by atoms with van der Waals surface area (Å²) in [5.74, 6) is 0.598. The number of aromatic amines is 1. The van der Waals surface area contributed by atoms with E-state index in [1.165, 1.54) is 10.5 Å². The van der Waals surface area contributed by atoms with Gasteiger partial charge in [-0.05, 0) is 20.8 Å². The molecule has 1 heterocycles. The molecule has 1 rings (SSSR count). The van der Waals surface area contributed by atoms with Gasteiger partial charge in [0.1, 0.15) is 5.82 Å². The van der Waals surface area contributed by atoms with E-state index >= 15 is 0 Å². The van der Waals surface area contributed by atoms with E-state index in [2.05, 4.69) is 25.9 Å². The summed E-state index contributed by atoms with van der Waals surface area (Å²) in [7, 11) is -3.46. The van der Waals surface area contributed by atoms with E-state index in [0.717, 1.165) is 0 Å². The van der Waals surface area contributed by atoms with Gasteiger partial charge in [-0.15, -0.1) is 0 Å². The van der Waals surface area contributed by atoms with Gasteiger partial charge in [0.25, 0.3) is 10.0 Å². The second-order valence-electron chi connectivity index (χ2n) is 3.73. The molecule has 1 N–H and O–H groups in total. The lowest BCUT2D eigenvalue weighted by Gasteiger charge is -2.24. The first-order valence-electron chi connectivity index (χ1n) is 4.99. The monoisotopic (exact) mass is 309 g/mol. The van der Waals surface area contributed by atoms with E-state index in [9.17, 15) is 8.42 Å². The summed E-state index contributed by atoms with van der Waals surface area (Å²) in [6.45, 7) is 5.87. The fourth-order valence-corrected chi connectivity index (χ4v) is 3.61. The van der Waals surface area contributed by atoms with Gasteiger partial charge in [-0.25, -0.2) is 13.4 Å². The van der Waals surface area contributed by atoms with Crippen LogP contribution in [0.1, 0.15) is 19.7 Å². The van der Waals surface area contributed by atoms with Crippen LogP contribution in [0.2, 0.25) is 0 Å². The number of rotatable bonds is 5. The zero-order valence-corrected chi connectivity index (χ0v) is 12.0. The molecule has 7 heteroatoms. The van der Waals surface area contributed by atoms with Crippen molar-refractivity contribution >= 4 is 26.0 Å². The van der Waals surface area contributed by atoms with Crippen LogP contribution in [-0.4, -0.2) is 40.6 Å². The Morgan fingerprint density at radius 1 is 1.56 bits per heavy atom. The number of alkyl halides is 1. The Morgan fingerprint density at radius 2 is 2.19 bits per heavy atom. The molecule has 0 saturated carbocycles. The molecule has 0 aliphatic heterocycles. The van der Waals surface area contributed by atoms with Gasteiger partial charge in [0.05, 0.1) is 6.20 Å². The molecule has 1 aromatic heterocycles. The van der Waals surface area contributed by atoms with Gasteiger partial charge in [-0.1, -0.05) is 15.9 Å². The molecule has 0 aliphatic carbocycles. The first-order valence-corrected chi connectivity index (χ1v) is 7.55. The smallest absolute Gasteiger partial charge is 0.260 e. The van der Waals surface area contributed by atoms with Gasteiger partial charge < -0.3 is 4.98 Å². The fourth-order valence-electron chi connectivity index (χ4n) is 1.39. The van der Waals surface area contributed by atoms with Crippen molar-refractivity contribution in [1.82, 2.24) is 14.3 Å². The normalized spacial score (nSPS) is 12.6. The molecule has 5 nitrogen and oxygen atoms in total. The first-order chi connectivity index (χ1) is 7.39. The molecular weight excluding hydrogens is 294 g/mol. The second-order valence-corrected chi connectivity index (χ2v) is 6.38. The number of aromatic nitrogens is 2. The summed E-state index contributed by atoms with van der Waals surface area (Å²) in [6.07, 6.45) is 1.36. The van der Waals surface area contributed by atoms with Crippen LogP contribution in [0.3, 0.4) is 0 Å². The predicted octanol–water partition coefficient (Wildman–Crippen LogP) is 1.51. The zero-order chi connectivity index (χ0) is 12.3. The Kier molecular flexibility index (Phi) is 4.52. The van der Waals surface area contributed by atoms with Crippen LogP contribution in [-0.2, 0) is 10.0 Å². The minimum atomic E-state index is -3.46. The molecule has 0 unspecified atom stereocenters. The van der Waals surface area contributed by atoms with Crippen molar-refractivity contribution in [2.24, 2.45) is 0 Å². The van der Waals surface area contributed by atoms with E-state index in [1.807, 2.05) is 13.8 Å². The maximum Gasteiger partial charge on any atom is 0.260 e. The van der Waals surface area contributed by atoms with Crippen molar-refractivity contribution in [2.45, 2.75) is 31.8 Å². The SMILES string of the molecule is Cc1ncc(S(=O)(=O)N(CCBr)C(C)C)[nH]1. The number of hydrogen-bond acceptors (Lipinski definition) is 3. The lowest BCUT2D eigenvalue weighted by atomic mass is 10.4. The molecule has 0 spiro atoms. The van der Waals surface area contributed by atoms with Gasteiger partial charge in [-0.2, -0.15) is 4.31 Å². The molecule has 0 aliphatic rings. The molecule has 1 aromatic rings. The third kappa shape index (κ3) is 2.83. The molecule has 0 radical (unpaired) electrons. The standard InChI is InChI=1S/C9H16BrN3O2S/c1-7(2)13(5-4-10)16(14,15)9-6-11-8(3)12-9/h6-7H,4-5H2,1-3H3,(H,11,12). The number of imidazole rings is 1. The summed E-state index contributed by atoms with van der Waals surface area (Å²) in [6, 6.07) is -0.0776. The number of sulfonamides is 1. The van der Waals surface area contributed by atoms with Crippen molar-refractivity contribution in [2.75, 3.05) is 11.9 Å². The molecule has 0 fully saturated rings. The van der Waals surface area contributed by atoms with Crippen LogP contribution in [0.5, 0.6) is 0 Å². The number of aryl methyl sites for hydroxylation is 1. The Balaban J connectivity index is 3.08. The highest BCUT2D eigenvalue weighted by molar-refractivity contribution is 9.09. The molecule has 16 heavy (non-hydrogen) atoms. The third-order valence-electron chi connectivity index (χ3n) is 2.15. The average Bonchev–Trinajstić information content (AvgIpc) is 2.61. The topological polar surface area (TPSA) is 66.1 Å². The maximum atomic E-state index is 12.2. The van der Waals surface area contributed by atoms with Gasteiger partial charge in [-0.3, -0.25) is 0 Å². The van der Waals surface area contributed by atoms with Crippen LogP contribution in [0.25, 0.3) is 0 Å². The first kappa shape index (κ1) is 13.7. The minimum absolute atomic E-state index is 0.0776. The van der Waals surface area contributed by atoms with Crippen LogP contribution >= 0.6 is 15.9 Å². The molecule has 0 saturated heterocycles. The van der Waals surface area contributed by atoms with Crippen LogP contribution in [0.4, 0.5) is 0 Å². The van der Waals surface area contributed by atoms with Gasteiger partial charge >= 0.3 is 0 Å². The summed E-state index contributed by atoms with van der Waals surface area (Å²) >= 11 is 3.26. The highest BCUT2D eigenvalue weighted by atomic mass is 79.9. The van der Waals surface area contributed by atoms with Crippen molar-refractivity contribution in [3.05, 3.63) is 12.0 Å². The van der Waals surface area contributed by atoms with E-state index < -0.39 is 10.0 Å². The van der Waals surface area contributed by atoms with Gasteiger partial charge in [0.15, 0.2) is 5.03 Å². The lowest BCUT2D eigenvalue weighted by molar-refractivity contribution is 0.370. The quantitative estimate of drug-likeness (QED) is 0.838. The van der Waals surface area contributed by atoms with Crippen molar-refractivity contribution in [3.8, 4) is 0 Å². The lowest BCUT2D eigenvalue weighted by Crippen LogP contribution is -2.38. The Hall–Kier alpha value is -0.400. The molecule has 0 amide bonds. The Labute approximate surface area is 104 Å². The Morgan fingerprint density at radius 3 is 2.56 bits per heavy atom. The summed E-state index contributed by atoms with van der Waals surface area (Å²) in [4.78, 5) is 6.67. The van der Waals surface area contributed by atoms with Crippen LogP contribution < -0.4 is 0 Å². The van der Waals surface area contributed by atoms with E-state index in [1.54, 1.807) is 6.92 Å². The summed E-state index contributed by atoms with van der Waals surface area (Å²) in [5, 5.41) is 0.761. The third-order valence-corrected chi connectivity index (χ3v) is 4.49. The number of nitrogens with one attached hydrogen (secondary N) is 1. The fraction of sp³-hybridized carbons (Fsp3) is 0.667. The van der Waals surface area contributed by atoms with E-state index in [-0.39, 0.29) is 11.1 Å². The van der Waals surface area contributed by atoms with Gasteiger partial charge in [0.2, 0.25) is 0 Å². The van der Waals surface area contributed by atoms with E-state index in [0.29, 0.717) is 17.7 Å². The average molecular weight is 310 g/mol. The van der Waals surface area contributed by atoms with Crippen LogP contribution in [0, 0.1) is 6.92 Å². The maximum absolute atomic E-state index is 12.2. The molecule has 0 atom stereocenters. The largest absolute Gasteiger partial charge is 0.332 e. The highest BCUT2D eigenvalue weighted by Gasteiger charge is 2.27. The molecule has 0 aromatic carbocycles. The molecule has 0 bridgehead atoms. The number of halogens is 1. The van der Waals surface area contributed by atoms with Crippen molar-refractivity contribution in [3.63, 3.8) is 0 Å². The minimum Gasteiger partial charge on any atom is -0.332 e. The van der Waals surface area contributed by atoms with Gasteiger partial charge in [0, 0.05) is 17.9 Å². The molecule has 92 valence electrons. The zero-order valence-electron chi connectivity index (χ0n) is 9.57. The van der Waals surface area contributed by atoms with Crippen molar-refractivity contribution < 1.29 is 8.42 Å². The number of H-pyrrole nitrogens is 1. The highest BCUT2D eigenvalue weighted by Crippen LogP contribution is 2.16. The Bertz CT molecular complexity index is 441. The van der Waals surface area contributed by atoms with Crippen LogP contribution in [0.15, 0.2) is 11.2 Å². The second kappa shape index (κ2) is 5.29. The number of nitrogens with zero attached hydrogens (tertiary/aromatic N) is 2. The summed E-state index contributed by atoms with van der Waals surface area (Å²) in [5.41, 5.74) is 0. The number of hydrogen-bond donors (Lipinski definition) is 1. The predicted molar refractivity (Wildman–Crippen MR) is 66.1 cm³/mol.